The fourth-order valence-electron chi connectivity index (χ4n) is 8.26. The van der Waals surface area contributed by atoms with E-state index in [9.17, 15) is 19.2 Å². The molecule has 3 aliphatic rings. The lowest BCUT2D eigenvalue weighted by Crippen LogP contribution is -2.54. The summed E-state index contributed by atoms with van der Waals surface area (Å²) in [4.78, 5) is 69.5. The third kappa shape index (κ3) is 7.59. The number of aromatic amines is 2. The van der Waals surface area contributed by atoms with E-state index < -0.39 is 24.1 Å². The Balaban J connectivity index is 1.02. The highest BCUT2D eigenvalue weighted by Crippen LogP contribution is 2.49. The standard InChI is InChI=1S/C41H50N8O7/c1-22(2)35(46-40(52)54-5)39(51)48-19-7-8-30(48)36-42-20-28(44-36)26-13-9-24(10-14-26)25-11-15-27(16-12-25)29-21-43-37(45-29)33-31-17-18-32(56-31)34(33)38(50)49(23(3)4)47-41(53)55-6/h9-16,20-23,30-35H,7-8,17-19H2,1-6H3,(H,42,44)(H,43,45)(H,46,52)(H,47,53)/t30-,31?,32?,33-,34+,35?/m0/s1. The normalized spacial score (nSPS) is 22.0. The van der Waals surface area contributed by atoms with Crippen molar-refractivity contribution in [1.82, 2.24) is 40.6 Å². The number of carbonyl (C=O) groups is 4. The molecule has 2 aromatic carbocycles. The summed E-state index contributed by atoms with van der Waals surface area (Å²) in [6, 6.07) is 15.3. The maximum absolute atomic E-state index is 13.8. The van der Waals surface area contributed by atoms with E-state index in [1.54, 1.807) is 17.3 Å². The van der Waals surface area contributed by atoms with E-state index in [-0.39, 0.29) is 47.9 Å². The van der Waals surface area contributed by atoms with Gasteiger partial charge in [-0.2, -0.15) is 0 Å². The van der Waals surface area contributed by atoms with E-state index in [4.69, 9.17) is 19.2 Å². The number of imidazole rings is 2. The molecule has 4 aromatic rings. The second kappa shape index (κ2) is 16.2. The molecule has 3 saturated heterocycles. The van der Waals surface area contributed by atoms with Crippen LogP contribution in [0.3, 0.4) is 0 Å². The molecule has 0 spiro atoms. The third-order valence-electron chi connectivity index (χ3n) is 11.2. The van der Waals surface area contributed by atoms with Crippen LogP contribution in [-0.4, -0.2) is 98.9 Å². The summed E-state index contributed by atoms with van der Waals surface area (Å²) in [5, 5.41) is 4.03. The van der Waals surface area contributed by atoms with E-state index in [0.29, 0.717) is 12.4 Å². The van der Waals surface area contributed by atoms with Gasteiger partial charge in [0.1, 0.15) is 17.7 Å². The number of carbonyl (C=O) groups excluding carboxylic acids is 4. The van der Waals surface area contributed by atoms with Crippen molar-refractivity contribution in [3.8, 4) is 33.6 Å². The number of hydrogen-bond acceptors (Lipinski definition) is 9. The molecule has 3 aliphatic heterocycles. The number of nitrogens with one attached hydrogen (secondary N) is 4. The zero-order valence-corrected chi connectivity index (χ0v) is 32.6. The molecule has 296 valence electrons. The Morgan fingerprint density at radius 1 is 0.786 bits per heavy atom. The molecule has 5 heterocycles. The summed E-state index contributed by atoms with van der Waals surface area (Å²) in [7, 11) is 2.55. The molecule has 3 fully saturated rings. The number of amides is 4. The highest BCUT2D eigenvalue weighted by Gasteiger charge is 2.55. The van der Waals surface area contributed by atoms with Gasteiger partial charge >= 0.3 is 12.2 Å². The maximum Gasteiger partial charge on any atom is 0.425 e. The largest absolute Gasteiger partial charge is 0.453 e. The van der Waals surface area contributed by atoms with Crippen LogP contribution in [-0.2, 0) is 23.8 Å². The van der Waals surface area contributed by atoms with Gasteiger partial charge in [0.2, 0.25) is 11.8 Å². The van der Waals surface area contributed by atoms with Gasteiger partial charge in [-0.15, -0.1) is 0 Å². The topological polar surface area (TPSA) is 184 Å². The van der Waals surface area contributed by atoms with Crippen molar-refractivity contribution in [3.63, 3.8) is 0 Å². The Morgan fingerprint density at radius 2 is 1.34 bits per heavy atom. The Labute approximate surface area is 325 Å². The number of fused-ring (bicyclic) bond motifs is 2. The van der Waals surface area contributed by atoms with Crippen molar-refractivity contribution in [2.24, 2.45) is 11.8 Å². The van der Waals surface area contributed by atoms with Crippen LogP contribution < -0.4 is 10.7 Å². The number of ether oxygens (including phenoxy) is 3. The molecule has 4 amide bonds. The van der Waals surface area contributed by atoms with E-state index in [0.717, 1.165) is 65.1 Å². The van der Waals surface area contributed by atoms with E-state index >= 15 is 0 Å². The lowest BCUT2D eigenvalue weighted by atomic mass is 9.78. The first kappa shape index (κ1) is 38.6. The third-order valence-corrected chi connectivity index (χ3v) is 11.2. The van der Waals surface area contributed by atoms with Gasteiger partial charge in [-0.05, 0) is 67.7 Å². The molecule has 0 radical (unpaired) electrons. The number of aromatic nitrogens is 4. The molecule has 2 bridgehead atoms. The van der Waals surface area contributed by atoms with Gasteiger partial charge in [-0.3, -0.25) is 9.59 Å². The highest BCUT2D eigenvalue weighted by atomic mass is 16.5. The molecule has 15 nitrogen and oxygen atoms in total. The van der Waals surface area contributed by atoms with Gasteiger partial charge in [-0.25, -0.2) is 30.0 Å². The van der Waals surface area contributed by atoms with Crippen LogP contribution in [0.25, 0.3) is 33.6 Å². The lowest BCUT2D eigenvalue weighted by Gasteiger charge is -2.33. The van der Waals surface area contributed by atoms with Gasteiger partial charge in [0, 0.05) is 12.6 Å². The van der Waals surface area contributed by atoms with Crippen LogP contribution in [0, 0.1) is 11.8 Å². The molecule has 0 saturated carbocycles. The molecule has 15 heteroatoms. The lowest BCUT2D eigenvalue weighted by molar-refractivity contribution is -0.142. The number of hydrazine groups is 1. The zero-order valence-electron chi connectivity index (χ0n) is 32.6. The summed E-state index contributed by atoms with van der Waals surface area (Å²) in [6.45, 7) is 8.06. The van der Waals surface area contributed by atoms with E-state index in [2.05, 4.69) is 50.0 Å². The van der Waals surface area contributed by atoms with Gasteiger partial charge in [0.25, 0.3) is 0 Å². The molecule has 2 aromatic heterocycles. The number of rotatable bonds is 10. The average molecular weight is 767 g/mol. The van der Waals surface area contributed by atoms with Crippen LogP contribution >= 0.6 is 0 Å². The number of H-pyrrole nitrogens is 2. The molecule has 0 aliphatic carbocycles. The number of hydrogen-bond donors (Lipinski definition) is 4. The Kier molecular flexibility index (Phi) is 11.1. The SMILES string of the molecule is COC(=O)NC(C(=O)N1CCC[C@H]1c1ncc(-c2ccc(-c3ccc(-c4cnc([C@H]5C6CCC(O6)[C@H]5C(=O)N(NC(=O)OC)C(C)C)[nH]4)cc3)cc2)[nH]1)C(C)C. The first-order valence-corrected chi connectivity index (χ1v) is 19.3. The van der Waals surface area contributed by atoms with Crippen LogP contribution in [0.2, 0.25) is 0 Å². The molecular formula is C41H50N8O7. The second-order valence-electron chi connectivity index (χ2n) is 15.3. The predicted octanol–water partition coefficient (Wildman–Crippen LogP) is 5.95. The van der Waals surface area contributed by atoms with Crippen molar-refractivity contribution in [2.45, 2.75) is 89.6 Å². The zero-order chi connectivity index (χ0) is 39.7. The number of methoxy groups -OCH3 is 2. The van der Waals surface area contributed by atoms with Crippen LogP contribution in [0.15, 0.2) is 60.9 Å². The second-order valence-corrected chi connectivity index (χ2v) is 15.3. The van der Waals surface area contributed by atoms with Crippen molar-refractivity contribution in [1.29, 1.82) is 0 Å². The van der Waals surface area contributed by atoms with E-state index in [1.807, 2.05) is 52.0 Å². The fourth-order valence-corrected chi connectivity index (χ4v) is 8.26. The Hall–Kier alpha value is -5.70. The van der Waals surface area contributed by atoms with Crippen LogP contribution in [0.1, 0.15) is 77.0 Å². The van der Waals surface area contributed by atoms with Gasteiger partial charge in [0.05, 0.1) is 68.1 Å². The van der Waals surface area contributed by atoms with Crippen molar-refractivity contribution >= 4 is 24.0 Å². The quantitative estimate of drug-likeness (QED) is 0.142. The molecule has 4 N–H and O–H groups in total. The monoisotopic (exact) mass is 766 g/mol. The molecule has 3 unspecified atom stereocenters. The molecule has 6 atom stereocenters. The summed E-state index contributed by atoms with van der Waals surface area (Å²) in [5.41, 5.74) is 8.28. The van der Waals surface area contributed by atoms with Crippen molar-refractivity contribution in [2.75, 3.05) is 20.8 Å². The molecule has 56 heavy (non-hydrogen) atoms. The molecular weight excluding hydrogens is 716 g/mol. The number of likely N-dealkylation sites (tertiary alicyclic amines) is 1. The van der Waals surface area contributed by atoms with Crippen molar-refractivity contribution < 1.29 is 33.4 Å². The minimum Gasteiger partial charge on any atom is -0.453 e. The first-order chi connectivity index (χ1) is 27.0. The van der Waals surface area contributed by atoms with Crippen LogP contribution in [0.4, 0.5) is 9.59 Å². The van der Waals surface area contributed by atoms with E-state index in [1.165, 1.54) is 19.2 Å². The minimum atomic E-state index is -0.699. The maximum atomic E-state index is 13.8. The van der Waals surface area contributed by atoms with Gasteiger partial charge in [0.15, 0.2) is 0 Å². The fraction of sp³-hybridized carbons (Fsp3) is 0.463. The number of benzene rings is 2. The van der Waals surface area contributed by atoms with Crippen LogP contribution in [0.5, 0.6) is 0 Å². The number of nitrogens with zero attached hydrogens (tertiary/aromatic N) is 4. The highest BCUT2D eigenvalue weighted by molar-refractivity contribution is 5.86. The summed E-state index contributed by atoms with van der Waals surface area (Å²) in [6.07, 6.45) is 5.12. The number of alkyl carbamates (subject to hydrolysis) is 1. The predicted molar refractivity (Wildman–Crippen MR) is 207 cm³/mol. The smallest absolute Gasteiger partial charge is 0.425 e. The Bertz CT molecular complexity index is 2040. The Morgan fingerprint density at radius 3 is 1.91 bits per heavy atom. The first-order valence-electron chi connectivity index (χ1n) is 19.3. The van der Waals surface area contributed by atoms with Gasteiger partial charge in [-0.1, -0.05) is 62.4 Å². The molecule has 7 rings (SSSR count). The van der Waals surface area contributed by atoms with Gasteiger partial charge < -0.3 is 34.4 Å². The summed E-state index contributed by atoms with van der Waals surface area (Å²) >= 11 is 0. The van der Waals surface area contributed by atoms with Crippen molar-refractivity contribution in [3.05, 3.63) is 72.6 Å². The summed E-state index contributed by atoms with van der Waals surface area (Å²) in [5.74, 6) is 0.173. The minimum absolute atomic E-state index is 0.108. The summed E-state index contributed by atoms with van der Waals surface area (Å²) < 4.78 is 15.7. The average Bonchev–Trinajstić information content (AvgIpc) is 4.06.